The van der Waals surface area contributed by atoms with E-state index in [9.17, 15) is 9.59 Å². The van der Waals surface area contributed by atoms with Crippen LogP contribution in [0.25, 0.3) is 11.0 Å². The fourth-order valence-electron chi connectivity index (χ4n) is 3.36. The number of anilines is 2. The maximum absolute atomic E-state index is 12.5. The average Bonchev–Trinajstić information content (AvgIpc) is 3.09. The van der Waals surface area contributed by atoms with Crippen molar-refractivity contribution in [3.63, 3.8) is 0 Å². The lowest BCUT2D eigenvalue weighted by Crippen LogP contribution is -2.21. The van der Waals surface area contributed by atoms with Crippen molar-refractivity contribution in [3.05, 3.63) is 71.7 Å². The Morgan fingerprint density at radius 2 is 1.81 bits per heavy atom. The number of hydrogen-bond acceptors (Lipinski definition) is 6. The van der Waals surface area contributed by atoms with Gasteiger partial charge in [-0.05, 0) is 55.8 Å². The second kappa shape index (κ2) is 8.84. The zero-order valence-corrected chi connectivity index (χ0v) is 17.9. The van der Waals surface area contributed by atoms with Gasteiger partial charge in [0.25, 0.3) is 11.8 Å². The summed E-state index contributed by atoms with van der Waals surface area (Å²) < 4.78 is 7.31. The molecule has 0 bridgehead atoms. The third-order valence-electron chi connectivity index (χ3n) is 4.77. The van der Waals surface area contributed by atoms with Gasteiger partial charge in [-0.1, -0.05) is 6.07 Å². The molecule has 0 unspecified atom stereocenters. The molecule has 3 heterocycles. The maximum atomic E-state index is 12.5. The number of aryl methyl sites for hydroxylation is 3. The quantitative estimate of drug-likeness (QED) is 0.486. The summed E-state index contributed by atoms with van der Waals surface area (Å²) in [5.74, 6) is -0.303. The standard InChI is InChI=1S/C23H22N6O3/c1-14-11-15(2)25-21-20(14)23(28-29(21)3)32-13-19(30)26-18-6-4-5-16(12-18)22(31)27-17-7-9-24-10-8-17/h4-12H,13H2,1-3H3,(H,26,30)(H,24,27,31). The molecule has 3 aromatic heterocycles. The predicted molar refractivity (Wildman–Crippen MR) is 121 cm³/mol. The van der Waals surface area contributed by atoms with Crippen molar-refractivity contribution in [2.45, 2.75) is 13.8 Å². The number of carbonyl (C=O) groups excluding carboxylic acids is 2. The topological polar surface area (TPSA) is 111 Å². The van der Waals surface area contributed by atoms with Crippen LogP contribution in [0.3, 0.4) is 0 Å². The minimum Gasteiger partial charge on any atom is -0.466 e. The first-order chi connectivity index (χ1) is 15.4. The van der Waals surface area contributed by atoms with Crippen LogP contribution >= 0.6 is 0 Å². The van der Waals surface area contributed by atoms with Gasteiger partial charge in [0.05, 0.1) is 5.39 Å². The smallest absolute Gasteiger partial charge is 0.262 e. The lowest BCUT2D eigenvalue weighted by molar-refractivity contribution is -0.118. The minimum absolute atomic E-state index is 0.229. The summed E-state index contributed by atoms with van der Waals surface area (Å²) in [4.78, 5) is 33.3. The molecular formula is C23H22N6O3. The van der Waals surface area contributed by atoms with E-state index in [2.05, 4.69) is 25.7 Å². The number of rotatable bonds is 6. The van der Waals surface area contributed by atoms with E-state index >= 15 is 0 Å². The van der Waals surface area contributed by atoms with Crippen LogP contribution in [0.2, 0.25) is 0 Å². The second-order valence-corrected chi connectivity index (χ2v) is 7.32. The molecule has 0 aliphatic rings. The third-order valence-corrected chi connectivity index (χ3v) is 4.77. The highest BCUT2D eigenvalue weighted by atomic mass is 16.5. The maximum Gasteiger partial charge on any atom is 0.262 e. The number of ether oxygens (including phenoxy) is 1. The number of benzene rings is 1. The van der Waals surface area contributed by atoms with Gasteiger partial charge in [0.15, 0.2) is 12.3 Å². The van der Waals surface area contributed by atoms with Crippen LogP contribution in [-0.4, -0.2) is 38.2 Å². The predicted octanol–water partition coefficient (Wildman–Crippen LogP) is 3.25. The first-order valence-corrected chi connectivity index (χ1v) is 9.96. The number of fused-ring (bicyclic) bond motifs is 1. The van der Waals surface area contributed by atoms with Crippen LogP contribution in [0, 0.1) is 13.8 Å². The zero-order chi connectivity index (χ0) is 22.7. The Morgan fingerprint density at radius 1 is 1.03 bits per heavy atom. The first kappa shape index (κ1) is 21.0. The van der Waals surface area contributed by atoms with E-state index in [1.165, 1.54) is 0 Å². The molecule has 9 heteroatoms. The van der Waals surface area contributed by atoms with Gasteiger partial charge in [0, 0.05) is 42.1 Å². The Labute approximate surface area is 184 Å². The van der Waals surface area contributed by atoms with E-state index in [0.29, 0.717) is 28.5 Å². The summed E-state index contributed by atoms with van der Waals surface area (Å²) in [7, 11) is 1.78. The Bertz CT molecular complexity index is 1300. The van der Waals surface area contributed by atoms with Gasteiger partial charge in [0.1, 0.15) is 0 Å². The fraction of sp³-hybridized carbons (Fsp3) is 0.174. The monoisotopic (exact) mass is 430 g/mol. The lowest BCUT2D eigenvalue weighted by Gasteiger charge is -2.09. The summed E-state index contributed by atoms with van der Waals surface area (Å²) >= 11 is 0. The van der Waals surface area contributed by atoms with Crippen molar-refractivity contribution < 1.29 is 14.3 Å². The molecule has 162 valence electrons. The SMILES string of the molecule is Cc1cc(C)c2c(OCC(=O)Nc3cccc(C(=O)Nc4ccncc4)c3)nn(C)c2n1. The highest BCUT2D eigenvalue weighted by molar-refractivity contribution is 6.05. The molecule has 2 amide bonds. The number of nitrogens with one attached hydrogen (secondary N) is 2. The number of amides is 2. The van der Waals surface area contributed by atoms with Crippen LogP contribution < -0.4 is 15.4 Å². The number of carbonyl (C=O) groups is 2. The molecule has 0 saturated heterocycles. The summed E-state index contributed by atoms with van der Waals surface area (Å²) in [6, 6.07) is 12.0. The van der Waals surface area contributed by atoms with Gasteiger partial charge < -0.3 is 15.4 Å². The highest BCUT2D eigenvalue weighted by Crippen LogP contribution is 2.27. The molecule has 0 saturated carbocycles. The molecule has 9 nitrogen and oxygen atoms in total. The molecule has 1 aromatic carbocycles. The van der Waals surface area contributed by atoms with Crippen molar-refractivity contribution in [1.29, 1.82) is 0 Å². The zero-order valence-electron chi connectivity index (χ0n) is 17.9. The van der Waals surface area contributed by atoms with E-state index in [1.54, 1.807) is 60.5 Å². The molecule has 0 radical (unpaired) electrons. The van der Waals surface area contributed by atoms with Crippen LogP contribution in [0.5, 0.6) is 5.88 Å². The number of hydrogen-bond donors (Lipinski definition) is 2. The summed E-state index contributed by atoms with van der Waals surface area (Å²) in [6.07, 6.45) is 3.19. The van der Waals surface area contributed by atoms with Crippen molar-refractivity contribution in [1.82, 2.24) is 19.7 Å². The number of pyridine rings is 2. The van der Waals surface area contributed by atoms with Crippen molar-refractivity contribution in [3.8, 4) is 5.88 Å². The van der Waals surface area contributed by atoms with Gasteiger partial charge in [0.2, 0.25) is 5.88 Å². The molecule has 0 spiro atoms. The Morgan fingerprint density at radius 3 is 2.59 bits per heavy atom. The molecule has 32 heavy (non-hydrogen) atoms. The fourth-order valence-corrected chi connectivity index (χ4v) is 3.36. The summed E-state index contributed by atoms with van der Waals surface area (Å²) in [5.41, 5.74) is 4.09. The lowest BCUT2D eigenvalue weighted by atomic mass is 10.2. The normalized spacial score (nSPS) is 10.7. The van der Waals surface area contributed by atoms with Crippen LogP contribution in [0.1, 0.15) is 21.6 Å². The molecule has 0 fully saturated rings. The van der Waals surface area contributed by atoms with E-state index in [0.717, 1.165) is 16.6 Å². The molecule has 0 atom stereocenters. The molecule has 4 aromatic rings. The molecule has 0 aliphatic carbocycles. The highest BCUT2D eigenvalue weighted by Gasteiger charge is 2.16. The van der Waals surface area contributed by atoms with Gasteiger partial charge in [-0.3, -0.25) is 14.6 Å². The summed E-state index contributed by atoms with van der Waals surface area (Å²) in [5, 5.41) is 10.6. The average molecular weight is 430 g/mol. The number of nitrogens with zero attached hydrogens (tertiary/aromatic N) is 4. The van der Waals surface area contributed by atoms with Crippen LogP contribution in [0.4, 0.5) is 11.4 Å². The molecular weight excluding hydrogens is 408 g/mol. The Balaban J connectivity index is 1.41. The Hall–Kier alpha value is -4.27. The van der Waals surface area contributed by atoms with Gasteiger partial charge in [-0.2, -0.15) is 0 Å². The van der Waals surface area contributed by atoms with E-state index in [-0.39, 0.29) is 18.4 Å². The second-order valence-electron chi connectivity index (χ2n) is 7.32. The third kappa shape index (κ3) is 4.56. The van der Waals surface area contributed by atoms with Crippen molar-refractivity contribution in [2.75, 3.05) is 17.2 Å². The van der Waals surface area contributed by atoms with Gasteiger partial charge in [-0.25, -0.2) is 9.67 Å². The van der Waals surface area contributed by atoms with E-state index < -0.39 is 0 Å². The first-order valence-electron chi connectivity index (χ1n) is 9.96. The van der Waals surface area contributed by atoms with Gasteiger partial charge in [-0.15, -0.1) is 5.10 Å². The van der Waals surface area contributed by atoms with Crippen LogP contribution in [-0.2, 0) is 11.8 Å². The Kier molecular flexibility index (Phi) is 5.80. The van der Waals surface area contributed by atoms with Gasteiger partial charge >= 0.3 is 0 Å². The molecule has 0 aliphatic heterocycles. The molecule has 4 rings (SSSR count). The van der Waals surface area contributed by atoms with E-state index in [1.807, 2.05) is 19.9 Å². The number of aromatic nitrogens is 4. The molecule has 2 N–H and O–H groups in total. The van der Waals surface area contributed by atoms with E-state index in [4.69, 9.17) is 4.74 Å². The largest absolute Gasteiger partial charge is 0.466 e. The summed E-state index contributed by atoms with van der Waals surface area (Å²) in [6.45, 7) is 3.64. The van der Waals surface area contributed by atoms with Crippen molar-refractivity contribution >= 4 is 34.2 Å². The van der Waals surface area contributed by atoms with Crippen LogP contribution in [0.15, 0.2) is 54.9 Å². The minimum atomic E-state index is -0.367. The van der Waals surface area contributed by atoms with Crippen molar-refractivity contribution in [2.24, 2.45) is 7.05 Å².